The predicted octanol–water partition coefficient (Wildman–Crippen LogP) is 2.19. The van der Waals surface area contributed by atoms with Gasteiger partial charge in [-0.25, -0.2) is 9.97 Å². The molecule has 0 fully saturated rings. The molecule has 1 atom stereocenters. The number of phenolic OH excluding ortho intramolecular Hbond substituents is 1. The van der Waals surface area contributed by atoms with Crippen molar-refractivity contribution in [1.29, 1.82) is 0 Å². The second kappa shape index (κ2) is 4.38. The van der Waals surface area contributed by atoms with E-state index < -0.39 is 0 Å². The molecule has 3 N–H and O–H groups in total. The molecule has 2 aromatic rings. The zero-order valence-corrected chi connectivity index (χ0v) is 10.0. The van der Waals surface area contributed by atoms with Gasteiger partial charge in [0, 0.05) is 12.2 Å². The fourth-order valence-electron chi connectivity index (χ4n) is 2.38. The first-order valence-electron chi connectivity index (χ1n) is 6.15. The summed E-state index contributed by atoms with van der Waals surface area (Å²) in [4.78, 5) is 8.86. The molecule has 1 unspecified atom stereocenters. The molecule has 0 saturated heterocycles. The van der Waals surface area contributed by atoms with E-state index in [4.69, 9.17) is 5.73 Å². The minimum atomic E-state index is -0.0126. The van der Waals surface area contributed by atoms with Gasteiger partial charge in [0.15, 0.2) is 5.82 Å². The van der Waals surface area contributed by atoms with Gasteiger partial charge in [-0.3, -0.25) is 0 Å². The first-order valence-corrected chi connectivity index (χ1v) is 6.15. The lowest BCUT2D eigenvalue weighted by Gasteiger charge is -2.21. The molecule has 0 bridgehead atoms. The first kappa shape index (κ1) is 11.2. The van der Waals surface area contributed by atoms with Crippen LogP contribution in [0.15, 0.2) is 30.5 Å². The predicted molar refractivity (Wildman–Crippen MR) is 69.0 cm³/mol. The molecule has 1 heterocycles. The number of benzene rings is 1. The second-order valence-corrected chi connectivity index (χ2v) is 4.62. The highest BCUT2D eigenvalue weighted by Crippen LogP contribution is 2.30. The Morgan fingerprint density at radius 2 is 2.11 bits per heavy atom. The number of aromatic hydroxyl groups is 1. The quantitative estimate of drug-likeness (QED) is 0.802. The molecular weight excluding hydrogens is 226 g/mol. The molecule has 1 aliphatic rings. The van der Waals surface area contributed by atoms with Crippen LogP contribution in [0.1, 0.15) is 30.1 Å². The molecule has 0 radical (unpaired) electrons. The Balaban J connectivity index is 2.10. The summed E-state index contributed by atoms with van der Waals surface area (Å²) in [6.45, 7) is 0. The maximum absolute atomic E-state index is 9.82. The lowest BCUT2D eigenvalue weighted by Crippen LogP contribution is -2.19. The normalized spacial score (nSPS) is 18.4. The number of para-hydroxylation sites is 1. The zero-order valence-electron chi connectivity index (χ0n) is 10.0. The summed E-state index contributed by atoms with van der Waals surface area (Å²) in [5.74, 6) is 0.742. The second-order valence-electron chi connectivity index (χ2n) is 4.62. The average molecular weight is 241 g/mol. The van der Waals surface area contributed by atoms with Crippen molar-refractivity contribution < 1.29 is 5.11 Å². The van der Waals surface area contributed by atoms with Crippen molar-refractivity contribution in [2.75, 3.05) is 0 Å². The summed E-state index contributed by atoms with van der Waals surface area (Å²) >= 11 is 0. The van der Waals surface area contributed by atoms with Crippen LogP contribution in [-0.4, -0.2) is 15.1 Å². The highest BCUT2D eigenvalue weighted by atomic mass is 16.3. The van der Waals surface area contributed by atoms with E-state index in [2.05, 4.69) is 9.97 Å². The van der Waals surface area contributed by atoms with Gasteiger partial charge in [0.2, 0.25) is 0 Å². The molecule has 4 heteroatoms. The first-order chi connectivity index (χ1) is 8.75. The van der Waals surface area contributed by atoms with Gasteiger partial charge in [-0.1, -0.05) is 12.1 Å². The van der Waals surface area contributed by atoms with Crippen LogP contribution in [0.25, 0.3) is 11.4 Å². The molecule has 1 aromatic heterocycles. The third-order valence-corrected chi connectivity index (χ3v) is 3.36. The Morgan fingerprint density at radius 3 is 2.94 bits per heavy atom. The van der Waals surface area contributed by atoms with Crippen LogP contribution in [0, 0.1) is 0 Å². The Hall–Kier alpha value is -1.94. The van der Waals surface area contributed by atoms with Crippen molar-refractivity contribution in [3.05, 3.63) is 41.7 Å². The fraction of sp³-hybridized carbons (Fsp3) is 0.286. The molecule has 4 nitrogen and oxygen atoms in total. The van der Waals surface area contributed by atoms with Crippen LogP contribution in [0.2, 0.25) is 0 Å². The van der Waals surface area contributed by atoms with Crippen molar-refractivity contribution >= 4 is 0 Å². The number of hydrogen-bond acceptors (Lipinski definition) is 4. The van der Waals surface area contributed by atoms with E-state index in [9.17, 15) is 5.11 Å². The van der Waals surface area contributed by atoms with Gasteiger partial charge in [0.25, 0.3) is 0 Å². The van der Waals surface area contributed by atoms with Crippen LogP contribution in [0.5, 0.6) is 5.75 Å². The summed E-state index contributed by atoms with van der Waals surface area (Å²) < 4.78 is 0. The minimum Gasteiger partial charge on any atom is -0.507 e. The fourth-order valence-corrected chi connectivity index (χ4v) is 2.38. The van der Waals surface area contributed by atoms with Gasteiger partial charge in [-0.15, -0.1) is 0 Å². The van der Waals surface area contributed by atoms with E-state index in [0.29, 0.717) is 11.4 Å². The monoisotopic (exact) mass is 241 g/mol. The van der Waals surface area contributed by atoms with Gasteiger partial charge in [0.1, 0.15) is 5.75 Å². The van der Waals surface area contributed by atoms with Crippen molar-refractivity contribution in [3.63, 3.8) is 0 Å². The number of hydrogen-bond donors (Lipinski definition) is 2. The smallest absolute Gasteiger partial charge is 0.163 e. The van der Waals surface area contributed by atoms with E-state index in [1.165, 1.54) is 0 Å². The van der Waals surface area contributed by atoms with Crippen LogP contribution in [0.3, 0.4) is 0 Å². The molecule has 0 saturated carbocycles. The number of nitrogens with zero attached hydrogens (tertiary/aromatic N) is 2. The van der Waals surface area contributed by atoms with Gasteiger partial charge < -0.3 is 10.8 Å². The zero-order chi connectivity index (χ0) is 12.5. The minimum absolute atomic E-state index is 0.0126. The number of aryl methyl sites for hydroxylation is 1. The third-order valence-electron chi connectivity index (χ3n) is 3.36. The summed E-state index contributed by atoms with van der Waals surface area (Å²) in [6, 6.07) is 7.07. The van der Waals surface area contributed by atoms with Crippen LogP contribution in [-0.2, 0) is 6.42 Å². The van der Waals surface area contributed by atoms with Crippen molar-refractivity contribution in [2.24, 2.45) is 5.73 Å². The van der Waals surface area contributed by atoms with Crippen LogP contribution >= 0.6 is 0 Å². The van der Waals surface area contributed by atoms with Crippen LogP contribution < -0.4 is 5.73 Å². The Bertz CT molecular complexity index is 583. The topological polar surface area (TPSA) is 72.0 Å². The standard InChI is InChI=1S/C14H15N3O/c15-11-6-3-4-9-8-16-14(17-13(9)11)10-5-1-2-7-12(10)18/h1-2,5,7-8,11,18H,3-4,6,15H2. The molecule has 1 aliphatic carbocycles. The Labute approximate surface area is 106 Å². The number of nitrogens with two attached hydrogens (primary N) is 1. The van der Waals surface area contributed by atoms with E-state index in [0.717, 1.165) is 30.5 Å². The number of aromatic nitrogens is 2. The molecule has 1 aromatic carbocycles. The number of phenols is 1. The molecule has 0 amide bonds. The molecular formula is C14H15N3O. The summed E-state index contributed by atoms with van der Waals surface area (Å²) in [6.07, 6.45) is 4.88. The summed E-state index contributed by atoms with van der Waals surface area (Å²) in [5, 5.41) is 9.82. The maximum atomic E-state index is 9.82. The van der Waals surface area contributed by atoms with Gasteiger partial charge >= 0.3 is 0 Å². The van der Waals surface area contributed by atoms with Gasteiger partial charge in [0.05, 0.1) is 11.3 Å². The molecule has 18 heavy (non-hydrogen) atoms. The molecule has 92 valence electrons. The van der Waals surface area contributed by atoms with Crippen LogP contribution in [0.4, 0.5) is 0 Å². The number of fused-ring (bicyclic) bond motifs is 1. The summed E-state index contributed by atoms with van der Waals surface area (Å²) in [5.41, 5.74) is 8.79. The highest BCUT2D eigenvalue weighted by Gasteiger charge is 2.20. The van der Waals surface area contributed by atoms with E-state index in [1.54, 1.807) is 12.1 Å². The molecule has 3 rings (SSSR count). The van der Waals surface area contributed by atoms with Gasteiger partial charge in [-0.05, 0) is 37.0 Å². The molecule has 0 spiro atoms. The van der Waals surface area contributed by atoms with Crippen molar-refractivity contribution in [1.82, 2.24) is 9.97 Å². The lowest BCUT2D eigenvalue weighted by molar-refractivity contribution is 0.476. The largest absolute Gasteiger partial charge is 0.507 e. The number of rotatable bonds is 1. The van der Waals surface area contributed by atoms with Crippen molar-refractivity contribution in [3.8, 4) is 17.1 Å². The Kier molecular flexibility index (Phi) is 2.72. The highest BCUT2D eigenvalue weighted by molar-refractivity contribution is 5.63. The summed E-state index contributed by atoms with van der Waals surface area (Å²) in [7, 11) is 0. The molecule has 0 aliphatic heterocycles. The van der Waals surface area contributed by atoms with E-state index in [-0.39, 0.29) is 11.8 Å². The SMILES string of the molecule is NC1CCCc2cnc(-c3ccccc3O)nc21. The average Bonchev–Trinajstić information content (AvgIpc) is 2.40. The maximum Gasteiger partial charge on any atom is 0.163 e. The van der Waals surface area contributed by atoms with E-state index in [1.807, 2.05) is 18.3 Å². The van der Waals surface area contributed by atoms with Crippen molar-refractivity contribution in [2.45, 2.75) is 25.3 Å². The van der Waals surface area contributed by atoms with E-state index >= 15 is 0 Å². The van der Waals surface area contributed by atoms with Gasteiger partial charge in [-0.2, -0.15) is 0 Å². The third kappa shape index (κ3) is 1.84. The Morgan fingerprint density at radius 1 is 1.28 bits per heavy atom. The lowest BCUT2D eigenvalue weighted by atomic mass is 9.93.